The van der Waals surface area contributed by atoms with Gasteiger partial charge in [0, 0.05) is 24.5 Å². The molecule has 15 heavy (non-hydrogen) atoms. The Morgan fingerprint density at radius 3 is 2.53 bits per heavy atom. The number of anilines is 1. The van der Waals surface area contributed by atoms with Gasteiger partial charge in [0.25, 0.3) is 0 Å². The van der Waals surface area contributed by atoms with Crippen LogP contribution >= 0.6 is 22.9 Å². The first-order valence-electron chi connectivity index (χ1n) is 4.68. The molecule has 2 aromatic rings. The highest BCUT2D eigenvalue weighted by Crippen LogP contribution is 2.22. The van der Waals surface area contributed by atoms with Crippen molar-refractivity contribution >= 4 is 28.6 Å². The Bertz CT molecular complexity index is 440. The number of rotatable bonds is 2. The molecule has 0 N–H and O–H groups in total. The van der Waals surface area contributed by atoms with Gasteiger partial charge in [-0.15, -0.1) is 0 Å². The van der Waals surface area contributed by atoms with E-state index in [0.29, 0.717) is 0 Å². The minimum atomic E-state index is 1.01. The summed E-state index contributed by atoms with van der Waals surface area (Å²) in [5, 5.41) is 0. The number of benzene rings is 1. The predicted molar refractivity (Wildman–Crippen MR) is 72.1 cm³/mol. The molecular weight excluding hydrogens is 299 g/mol. The molecule has 0 saturated heterocycles. The van der Waals surface area contributed by atoms with Crippen LogP contribution in [0.3, 0.4) is 0 Å². The average molecular weight is 310 g/mol. The summed E-state index contributed by atoms with van der Waals surface area (Å²) in [4.78, 5) is 4.36. The number of aromatic nitrogens is 1. The molecule has 0 bridgehead atoms. The Balaban J connectivity index is 2.42. The van der Waals surface area contributed by atoms with Crippen molar-refractivity contribution < 1.29 is 0 Å². The fourth-order valence-electron chi connectivity index (χ4n) is 1.38. The zero-order valence-corrected chi connectivity index (χ0v) is 10.5. The third-order valence-electron chi connectivity index (χ3n) is 2.17. The van der Waals surface area contributed by atoms with E-state index in [-0.39, 0.29) is 0 Å². The molecule has 0 atom stereocenters. The van der Waals surface area contributed by atoms with Crippen LogP contribution in [0.1, 0.15) is 0 Å². The Labute approximate surface area is 103 Å². The first-order chi connectivity index (χ1) is 7.27. The summed E-state index contributed by atoms with van der Waals surface area (Å²) >= 11 is 2.25. The number of halogens is 1. The van der Waals surface area contributed by atoms with E-state index in [2.05, 4.69) is 46.0 Å². The largest absolute Gasteiger partial charge is 0.318 e. The van der Waals surface area contributed by atoms with Crippen molar-refractivity contribution in [3.63, 3.8) is 0 Å². The number of hydrogen-bond acceptors (Lipinski definition) is 2. The van der Waals surface area contributed by atoms with E-state index in [9.17, 15) is 0 Å². The van der Waals surface area contributed by atoms with Crippen LogP contribution in [-0.4, -0.2) is 12.0 Å². The normalized spacial score (nSPS) is 10.0. The minimum Gasteiger partial charge on any atom is -0.318 e. The molecule has 1 aromatic carbocycles. The maximum absolute atomic E-state index is 4.36. The fourth-order valence-corrected chi connectivity index (χ4v) is 1.68. The van der Waals surface area contributed by atoms with E-state index in [1.54, 1.807) is 0 Å². The van der Waals surface area contributed by atoms with Gasteiger partial charge in [-0.3, -0.25) is 4.98 Å². The van der Waals surface area contributed by atoms with Crippen LogP contribution in [0.2, 0.25) is 0 Å². The van der Waals surface area contributed by atoms with E-state index in [1.807, 2.05) is 40.6 Å². The van der Waals surface area contributed by atoms with Crippen molar-refractivity contribution in [2.24, 2.45) is 0 Å². The molecule has 2 nitrogen and oxygen atoms in total. The SMILES string of the molecule is CN(I)c1ccnc(-c2ccccc2)c1. The number of pyridine rings is 1. The lowest BCUT2D eigenvalue weighted by atomic mass is 10.1. The topological polar surface area (TPSA) is 16.1 Å². The zero-order valence-electron chi connectivity index (χ0n) is 8.39. The van der Waals surface area contributed by atoms with E-state index in [0.717, 1.165) is 16.9 Å². The average Bonchev–Trinajstić information content (AvgIpc) is 2.30. The Hall–Kier alpha value is -1.10. The summed E-state index contributed by atoms with van der Waals surface area (Å²) in [7, 11) is 2.02. The van der Waals surface area contributed by atoms with Gasteiger partial charge in [-0.05, 0) is 12.1 Å². The Morgan fingerprint density at radius 2 is 1.87 bits per heavy atom. The zero-order chi connectivity index (χ0) is 10.7. The van der Waals surface area contributed by atoms with E-state index >= 15 is 0 Å². The molecule has 0 aliphatic rings. The maximum atomic E-state index is 4.36. The molecule has 0 saturated carbocycles. The van der Waals surface area contributed by atoms with Gasteiger partial charge in [0.05, 0.1) is 28.6 Å². The molecule has 2 rings (SSSR count). The fraction of sp³-hybridized carbons (Fsp3) is 0.0833. The lowest BCUT2D eigenvalue weighted by Gasteiger charge is -2.10. The third kappa shape index (κ3) is 2.47. The summed E-state index contributed by atoms with van der Waals surface area (Å²) in [6, 6.07) is 14.3. The second-order valence-corrected chi connectivity index (χ2v) is 4.69. The van der Waals surface area contributed by atoms with Crippen LogP contribution in [0.5, 0.6) is 0 Å². The van der Waals surface area contributed by atoms with Crippen LogP contribution in [-0.2, 0) is 0 Å². The molecule has 0 amide bonds. The van der Waals surface area contributed by atoms with Gasteiger partial charge < -0.3 is 3.11 Å². The molecule has 0 aliphatic heterocycles. The quantitative estimate of drug-likeness (QED) is 0.623. The van der Waals surface area contributed by atoms with E-state index in [4.69, 9.17) is 0 Å². The van der Waals surface area contributed by atoms with Crippen LogP contribution < -0.4 is 3.11 Å². The summed E-state index contributed by atoms with van der Waals surface area (Å²) in [6.45, 7) is 0. The van der Waals surface area contributed by atoms with Crippen LogP contribution in [0, 0.1) is 0 Å². The molecule has 1 heterocycles. The summed E-state index contributed by atoms with van der Waals surface area (Å²) in [5.74, 6) is 0. The third-order valence-corrected chi connectivity index (χ3v) is 2.73. The van der Waals surface area contributed by atoms with Crippen LogP contribution in [0.25, 0.3) is 11.3 Å². The van der Waals surface area contributed by atoms with Gasteiger partial charge in [-0.2, -0.15) is 0 Å². The highest BCUT2D eigenvalue weighted by Gasteiger charge is 2.01. The highest BCUT2D eigenvalue weighted by atomic mass is 127. The van der Waals surface area contributed by atoms with Gasteiger partial charge in [0.2, 0.25) is 0 Å². The molecule has 0 aliphatic carbocycles. The second-order valence-electron chi connectivity index (χ2n) is 3.24. The molecule has 3 heteroatoms. The lowest BCUT2D eigenvalue weighted by Crippen LogP contribution is -1.99. The molecule has 0 radical (unpaired) electrons. The summed E-state index contributed by atoms with van der Waals surface area (Å²) in [5.41, 5.74) is 3.32. The molecule has 0 fully saturated rings. The van der Waals surface area contributed by atoms with Crippen molar-refractivity contribution in [3.8, 4) is 11.3 Å². The first kappa shape index (κ1) is 10.4. The minimum absolute atomic E-state index is 1.01. The highest BCUT2D eigenvalue weighted by molar-refractivity contribution is 14.1. The molecule has 1 aromatic heterocycles. The van der Waals surface area contributed by atoms with Crippen LogP contribution in [0.15, 0.2) is 48.7 Å². The smallest absolute Gasteiger partial charge is 0.0722 e. The van der Waals surface area contributed by atoms with Crippen molar-refractivity contribution in [2.75, 3.05) is 10.2 Å². The number of nitrogens with zero attached hydrogens (tertiary/aromatic N) is 2. The van der Waals surface area contributed by atoms with Crippen molar-refractivity contribution in [1.82, 2.24) is 4.98 Å². The van der Waals surface area contributed by atoms with Gasteiger partial charge >= 0.3 is 0 Å². The van der Waals surface area contributed by atoms with Crippen LogP contribution in [0.4, 0.5) is 5.69 Å². The first-order valence-corrected chi connectivity index (χ1v) is 5.65. The van der Waals surface area contributed by atoms with Gasteiger partial charge in [-0.1, -0.05) is 30.3 Å². The Morgan fingerprint density at radius 1 is 1.13 bits per heavy atom. The molecule has 76 valence electrons. The van der Waals surface area contributed by atoms with Gasteiger partial charge in [-0.25, -0.2) is 0 Å². The van der Waals surface area contributed by atoms with Gasteiger partial charge in [0.1, 0.15) is 0 Å². The van der Waals surface area contributed by atoms with Crippen molar-refractivity contribution in [1.29, 1.82) is 0 Å². The standard InChI is InChI=1S/C12H11IN2/c1-15(13)11-7-8-14-12(9-11)10-5-3-2-4-6-10/h2-9H,1H3. The molecular formula is C12H11IN2. The van der Waals surface area contributed by atoms with Gasteiger partial charge in [0.15, 0.2) is 0 Å². The maximum Gasteiger partial charge on any atom is 0.0722 e. The van der Waals surface area contributed by atoms with Crippen molar-refractivity contribution in [2.45, 2.75) is 0 Å². The monoisotopic (exact) mass is 310 g/mol. The van der Waals surface area contributed by atoms with E-state index in [1.165, 1.54) is 0 Å². The van der Waals surface area contributed by atoms with E-state index < -0.39 is 0 Å². The molecule has 0 spiro atoms. The Kier molecular flexibility index (Phi) is 3.20. The van der Waals surface area contributed by atoms with Crippen molar-refractivity contribution in [3.05, 3.63) is 48.7 Å². The summed E-state index contributed by atoms with van der Waals surface area (Å²) < 4.78 is 2.05. The predicted octanol–water partition coefficient (Wildman–Crippen LogP) is 3.53. The molecule has 0 unspecified atom stereocenters. The second kappa shape index (κ2) is 4.61. The lowest BCUT2D eigenvalue weighted by molar-refractivity contribution is 1.29. The summed E-state index contributed by atoms with van der Waals surface area (Å²) in [6.07, 6.45) is 1.84. The number of hydrogen-bond donors (Lipinski definition) is 0.